The molecule has 2 aromatic rings. The van der Waals surface area contributed by atoms with Gasteiger partial charge < -0.3 is 5.32 Å². The van der Waals surface area contributed by atoms with Gasteiger partial charge in [-0.3, -0.25) is 9.89 Å². The van der Waals surface area contributed by atoms with Gasteiger partial charge in [0.05, 0.1) is 16.1 Å². The molecule has 1 aliphatic heterocycles. The highest BCUT2D eigenvalue weighted by Gasteiger charge is 2.42. The summed E-state index contributed by atoms with van der Waals surface area (Å²) in [5, 5.41) is 10.1. The van der Waals surface area contributed by atoms with Gasteiger partial charge in [-0.25, -0.2) is 0 Å². The molecule has 2 N–H and O–H groups in total. The highest BCUT2D eigenvalue weighted by atomic mass is 32.1. The van der Waals surface area contributed by atoms with Crippen molar-refractivity contribution in [3.8, 4) is 10.6 Å². The molecule has 1 spiro atoms. The molecule has 4 nitrogen and oxygen atoms in total. The number of hydrogen-bond donors (Lipinski definition) is 2. The Hall–Kier alpha value is -1.62. The van der Waals surface area contributed by atoms with E-state index in [0.717, 1.165) is 22.7 Å². The number of amides is 1. The Morgan fingerprint density at radius 3 is 2.85 bits per heavy atom. The van der Waals surface area contributed by atoms with Crippen molar-refractivity contribution in [3.63, 3.8) is 0 Å². The monoisotopic (exact) mass is 287 g/mol. The van der Waals surface area contributed by atoms with Crippen LogP contribution in [0.3, 0.4) is 0 Å². The van der Waals surface area contributed by atoms with Crippen molar-refractivity contribution < 1.29 is 4.79 Å². The summed E-state index contributed by atoms with van der Waals surface area (Å²) in [4.78, 5) is 14.6. The fourth-order valence-corrected chi connectivity index (χ4v) is 4.91. The van der Waals surface area contributed by atoms with Gasteiger partial charge in [-0.2, -0.15) is 5.10 Å². The van der Waals surface area contributed by atoms with E-state index in [4.69, 9.17) is 0 Å². The van der Waals surface area contributed by atoms with Crippen LogP contribution in [0.15, 0.2) is 18.3 Å². The molecule has 5 heteroatoms. The van der Waals surface area contributed by atoms with Crippen molar-refractivity contribution in [3.05, 3.63) is 28.8 Å². The van der Waals surface area contributed by atoms with E-state index in [0.29, 0.717) is 0 Å². The van der Waals surface area contributed by atoms with Crippen LogP contribution in [0.1, 0.15) is 47.3 Å². The number of fused-ring (bicyclic) bond motifs is 2. The van der Waals surface area contributed by atoms with E-state index < -0.39 is 0 Å². The van der Waals surface area contributed by atoms with E-state index >= 15 is 0 Å². The fraction of sp³-hybridized carbons (Fsp3) is 0.467. The van der Waals surface area contributed by atoms with E-state index in [1.165, 1.54) is 37.0 Å². The normalized spacial score (nSPS) is 20.7. The second-order valence-electron chi connectivity index (χ2n) is 5.85. The second-order valence-corrected chi connectivity index (χ2v) is 6.90. The SMILES string of the molecule is O=C1NCC2(CCCCC2)c2sc(-c3ccn[nH]3)cc21. The van der Waals surface area contributed by atoms with Crippen molar-refractivity contribution in [1.29, 1.82) is 0 Å². The number of hydrogen-bond acceptors (Lipinski definition) is 3. The summed E-state index contributed by atoms with van der Waals surface area (Å²) in [7, 11) is 0. The average Bonchev–Trinajstić information content (AvgIpc) is 3.13. The molecule has 0 saturated heterocycles. The van der Waals surface area contributed by atoms with Crippen molar-refractivity contribution in [2.24, 2.45) is 0 Å². The lowest BCUT2D eigenvalue weighted by molar-refractivity contribution is 0.0915. The number of nitrogens with zero attached hydrogens (tertiary/aromatic N) is 1. The van der Waals surface area contributed by atoms with Crippen LogP contribution in [-0.2, 0) is 5.41 Å². The minimum atomic E-state index is 0.0817. The predicted octanol–water partition coefficient (Wildman–Crippen LogP) is 3.08. The number of aromatic amines is 1. The van der Waals surface area contributed by atoms with E-state index in [1.807, 2.05) is 12.1 Å². The van der Waals surface area contributed by atoms with Gasteiger partial charge in [0, 0.05) is 23.0 Å². The van der Waals surface area contributed by atoms with Crippen LogP contribution in [0.25, 0.3) is 10.6 Å². The highest BCUT2D eigenvalue weighted by molar-refractivity contribution is 7.16. The third kappa shape index (κ3) is 1.73. The van der Waals surface area contributed by atoms with Crippen molar-refractivity contribution in [2.45, 2.75) is 37.5 Å². The second kappa shape index (κ2) is 4.45. The standard InChI is InChI=1S/C15H17N3OS/c19-14-10-8-12(11-4-7-17-18-11)20-13(10)15(9-16-14)5-2-1-3-6-15/h4,7-8H,1-3,5-6,9H2,(H,16,19)(H,17,18). The molecular weight excluding hydrogens is 270 g/mol. The molecule has 1 aliphatic carbocycles. The zero-order valence-corrected chi connectivity index (χ0v) is 12.1. The summed E-state index contributed by atoms with van der Waals surface area (Å²) in [5.74, 6) is 0.0817. The number of aromatic nitrogens is 2. The maximum absolute atomic E-state index is 12.2. The van der Waals surface area contributed by atoms with Crippen molar-refractivity contribution >= 4 is 17.2 Å². The minimum absolute atomic E-state index is 0.0817. The van der Waals surface area contributed by atoms with Gasteiger partial charge >= 0.3 is 0 Å². The van der Waals surface area contributed by atoms with Gasteiger partial charge in [0.1, 0.15) is 0 Å². The van der Waals surface area contributed by atoms with E-state index in [1.54, 1.807) is 17.5 Å². The third-order valence-corrected chi connectivity index (χ3v) is 6.04. The van der Waals surface area contributed by atoms with E-state index in [2.05, 4.69) is 15.5 Å². The Bertz CT molecular complexity index is 638. The molecular formula is C15H17N3OS. The van der Waals surface area contributed by atoms with Gasteiger partial charge in [-0.15, -0.1) is 11.3 Å². The lowest BCUT2D eigenvalue weighted by Crippen LogP contribution is -2.46. The Morgan fingerprint density at radius 2 is 2.10 bits per heavy atom. The third-order valence-electron chi connectivity index (χ3n) is 4.62. The fourth-order valence-electron chi connectivity index (χ4n) is 3.54. The smallest absolute Gasteiger partial charge is 0.252 e. The Morgan fingerprint density at radius 1 is 1.25 bits per heavy atom. The quantitative estimate of drug-likeness (QED) is 0.847. The summed E-state index contributed by atoms with van der Waals surface area (Å²) in [5.41, 5.74) is 2.07. The first-order chi connectivity index (χ1) is 9.78. The largest absolute Gasteiger partial charge is 0.351 e. The Labute approximate surface area is 121 Å². The van der Waals surface area contributed by atoms with Gasteiger partial charge in [-0.05, 0) is 25.0 Å². The molecule has 0 aromatic carbocycles. The summed E-state index contributed by atoms with van der Waals surface area (Å²) >= 11 is 1.77. The Balaban J connectivity index is 1.83. The molecule has 2 aliphatic rings. The first kappa shape index (κ1) is 12.1. The summed E-state index contributed by atoms with van der Waals surface area (Å²) < 4.78 is 0. The lowest BCUT2D eigenvalue weighted by atomic mass is 9.70. The number of thiophene rings is 1. The summed E-state index contributed by atoms with van der Waals surface area (Å²) in [6.45, 7) is 0.807. The Kier molecular flexibility index (Phi) is 2.70. The zero-order chi connectivity index (χ0) is 13.6. The molecule has 0 bridgehead atoms. The molecule has 3 heterocycles. The molecule has 104 valence electrons. The minimum Gasteiger partial charge on any atom is -0.351 e. The van der Waals surface area contributed by atoms with Crippen LogP contribution >= 0.6 is 11.3 Å². The van der Waals surface area contributed by atoms with Crippen LogP contribution in [0, 0.1) is 0 Å². The van der Waals surface area contributed by atoms with Crippen LogP contribution in [0.4, 0.5) is 0 Å². The molecule has 20 heavy (non-hydrogen) atoms. The first-order valence-electron chi connectivity index (χ1n) is 7.21. The zero-order valence-electron chi connectivity index (χ0n) is 11.2. The number of nitrogens with one attached hydrogen (secondary N) is 2. The topological polar surface area (TPSA) is 57.8 Å². The summed E-state index contributed by atoms with van der Waals surface area (Å²) in [6, 6.07) is 3.99. The number of H-pyrrole nitrogens is 1. The van der Waals surface area contributed by atoms with Crippen LogP contribution in [-0.4, -0.2) is 22.6 Å². The summed E-state index contributed by atoms with van der Waals surface area (Å²) in [6.07, 6.45) is 8.01. The van der Waals surface area contributed by atoms with Crippen LogP contribution in [0.5, 0.6) is 0 Å². The molecule has 2 aromatic heterocycles. The number of carbonyl (C=O) groups excluding carboxylic acids is 1. The highest BCUT2D eigenvalue weighted by Crippen LogP contribution is 2.47. The first-order valence-corrected chi connectivity index (χ1v) is 8.02. The van der Waals surface area contributed by atoms with Crippen LogP contribution in [0.2, 0.25) is 0 Å². The van der Waals surface area contributed by atoms with Gasteiger partial charge in [0.25, 0.3) is 5.91 Å². The van der Waals surface area contributed by atoms with Gasteiger partial charge in [0.15, 0.2) is 0 Å². The van der Waals surface area contributed by atoms with Crippen LogP contribution < -0.4 is 5.32 Å². The molecule has 1 fully saturated rings. The van der Waals surface area contributed by atoms with Crippen molar-refractivity contribution in [2.75, 3.05) is 6.54 Å². The molecule has 0 atom stereocenters. The number of carbonyl (C=O) groups is 1. The van der Waals surface area contributed by atoms with Gasteiger partial charge in [0.2, 0.25) is 0 Å². The molecule has 4 rings (SSSR count). The molecule has 0 unspecified atom stereocenters. The molecule has 0 radical (unpaired) electrons. The average molecular weight is 287 g/mol. The lowest BCUT2D eigenvalue weighted by Gasteiger charge is -2.40. The predicted molar refractivity (Wildman–Crippen MR) is 79.0 cm³/mol. The van der Waals surface area contributed by atoms with Crippen molar-refractivity contribution in [1.82, 2.24) is 15.5 Å². The molecule has 1 amide bonds. The maximum atomic E-state index is 12.2. The molecule has 1 saturated carbocycles. The number of rotatable bonds is 1. The van der Waals surface area contributed by atoms with E-state index in [-0.39, 0.29) is 11.3 Å². The maximum Gasteiger partial charge on any atom is 0.252 e. The van der Waals surface area contributed by atoms with Gasteiger partial charge in [-0.1, -0.05) is 19.3 Å². The van der Waals surface area contributed by atoms with E-state index in [9.17, 15) is 4.79 Å².